The number of nitriles is 2. The van der Waals surface area contributed by atoms with Crippen LogP contribution in [0.25, 0.3) is 49.4 Å². The molecule has 2 heterocycles. The molecule has 0 amide bonds. The zero-order valence-electron chi connectivity index (χ0n) is 31.6. The van der Waals surface area contributed by atoms with Gasteiger partial charge in [0.1, 0.15) is 17.8 Å². The second-order valence-corrected chi connectivity index (χ2v) is 14.2. The van der Waals surface area contributed by atoms with E-state index in [9.17, 15) is 15.3 Å². The Morgan fingerprint density at radius 3 is 1.20 bits per heavy atom. The van der Waals surface area contributed by atoms with E-state index in [2.05, 4.69) is 118 Å². The monoisotopic (exact) mass is 756 g/mol. The average molecular weight is 757 g/mol. The lowest BCUT2D eigenvalue weighted by atomic mass is 9.88. The predicted octanol–water partition coefficient (Wildman–Crippen LogP) is 12.5. The highest BCUT2D eigenvalue weighted by atomic mass is 16.1. The first-order valence-electron chi connectivity index (χ1n) is 19.2. The summed E-state index contributed by atoms with van der Waals surface area (Å²) in [6.45, 7) is 0. The van der Waals surface area contributed by atoms with E-state index in [1.54, 1.807) is 0 Å². The summed E-state index contributed by atoms with van der Waals surface area (Å²) in [5.74, 6) is 0. The van der Waals surface area contributed by atoms with Gasteiger partial charge in [-0.2, -0.15) is 10.5 Å². The summed E-state index contributed by atoms with van der Waals surface area (Å²) in [7, 11) is 0. The summed E-state index contributed by atoms with van der Waals surface area (Å²) in [6.07, 6.45) is 0. The predicted molar refractivity (Wildman–Crippen MR) is 237 cm³/mol. The first kappa shape index (κ1) is 34.9. The third-order valence-corrected chi connectivity index (χ3v) is 10.9. The summed E-state index contributed by atoms with van der Waals surface area (Å²) >= 11 is 0. The van der Waals surface area contributed by atoms with Crippen molar-refractivity contribution in [1.82, 2.24) is 9.38 Å². The summed E-state index contributed by atoms with van der Waals surface area (Å²) in [5.41, 5.74) is 9.73. The van der Waals surface area contributed by atoms with Crippen molar-refractivity contribution >= 4 is 61.3 Å². The Kier molecular flexibility index (Phi) is 8.60. The number of hydrogen-bond donors (Lipinski definition) is 0. The van der Waals surface area contributed by atoms with Crippen molar-refractivity contribution in [3.63, 3.8) is 0 Å². The van der Waals surface area contributed by atoms with Crippen LogP contribution in [-0.4, -0.2) is 9.38 Å². The molecule has 0 atom stereocenters. The topological polar surface area (TPSA) is 88.4 Å². The Morgan fingerprint density at radius 2 is 0.814 bits per heavy atom. The molecule has 276 valence electrons. The lowest BCUT2D eigenvalue weighted by molar-refractivity contribution is 1.11. The number of nitrogens with zero attached hydrogens (tertiary/aromatic N) is 6. The Morgan fingerprint density at radius 1 is 0.424 bits per heavy atom. The van der Waals surface area contributed by atoms with Crippen molar-refractivity contribution in [2.24, 2.45) is 0 Å². The largest absolute Gasteiger partial charge is 0.311 e. The molecule has 59 heavy (non-hydrogen) atoms. The highest BCUT2D eigenvalue weighted by Crippen LogP contribution is 2.44. The Hall–Kier alpha value is -8.52. The first-order valence-corrected chi connectivity index (χ1v) is 19.2. The fourth-order valence-corrected chi connectivity index (χ4v) is 8.22. The normalized spacial score (nSPS) is 11.1. The van der Waals surface area contributed by atoms with Gasteiger partial charge < -0.3 is 9.80 Å². The SMILES string of the molecule is N#Cc1nc2c3ccc(-c4ccc(N(c5ccccc5)c5ccccc5)cc4)c4c(-c5ccc(N(c6ccccc6)c6ccccc6)cc5)ccc(c(=O)n2c1C#N)c43. The molecule has 7 nitrogen and oxygen atoms in total. The number of imidazole rings is 1. The van der Waals surface area contributed by atoms with E-state index in [0.29, 0.717) is 10.8 Å². The summed E-state index contributed by atoms with van der Waals surface area (Å²) in [6, 6.07) is 70.0. The second-order valence-electron chi connectivity index (χ2n) is 14.2. The van der Waals surface area contributed by atoms with Crippen LogP contribution < -0.4 is 15.4 Å². The highest BCUT2D eigenvalue weighted by Gasteiger charge is 2.24. The third kappa shape index (κ3) is 5.90. The second kappa shape index (κ2) is 14.5. The molecular formula is C52H32N6O. The fraction of sp³-hybridized carbons (Fsp3) is 0. The van der Waals surface area contributed by atoms with Crippen molar-refractivity contribution in [3.05, 3.63) is 216 Å². The molecule has 0 radical (unpaired) electrons. The zero-order chi connectivity index (χ0) is 39.9. The van der Waals surface area contributed by atoms with E-state index >= 15 is 0 Å². The number of aromatic nitrogens is 2. The van der Waals surface area contributed by atoms with E-state index < -0.39 is 0 Å². The van der Waals surface area contributed by atoms with E-state index in [0.717, 1.165) is 67.2 Å². The molecule has 0 bridgehead atoms. The molecule has 0 fully saturated rings. The number of fused-ring (bicyclic) bond motifs is 2. The lowest BCUT2D eigenvalue weighted by Gasteiger charge is -2.26. The van der Waals surface area contributed by atoms with Crippen LogP contribution in [0.4, 0.5) is 34.1 Å². The Bertz CT molecular complexity index is 3070. The van der Waals surface area contributed by atoms with Crippen molar-refractivity contribution < 1.29 is 0 Å². The average Bonchev–Trinajstić information content (AvgIpc) is 3.69. The van der Waals surface area contributed by atoms with Gasteiger partial charge in [-0.15, -0.1) is 0 Å². The number of pyridine rings is 1. The van der Waals surface area contributed by atoms with Crippen LogP contribution in [-0.2, 0) is 0 Å². The van der Waals surface area contributed by atoms with Crippen LogP contribution in [0.3, 0.4) is 0 Å². The number of benzene rings is 8. The van der Waals surface area contributed by atoms with Gasteiger partial charge in [-0.25, -0.2) is 9.38 Å². The van der Waals surface area contributed by atoms with Crippen LogP contribution in [0.1, 0.15) is 11.4 Å². The zero-order valence-corrected chi connectivity index (χ0v) is 31.6. The summed E-state index contributed by atoms with van der Waals surface area (Å²) < 4.78 is 1.28. The quantitative estimate of drug-likeness (QED) is 0.153. The third-order valence-electron chi connectivity index (χ3n) is 10.9. The van der Waals surface area contributed by atoms with Gasteiger partial charge in [0.15, 0.2) is 11.4 Å². The molecule has 7 heteroatoms. The van der Waals surface area contributed by atoms with Crippen molar-refractivity contribution in [1.29, 1.82) is 10.5 Å². The minimum absolute atomic E-state index is 0.0617. The molecular weight excluding hydrogens is 725 g/mol. The standard InChI is InChI=1S/C52H32N6O/c53-33-47-48(34-54)58-51(55-47)45-31-29-43(35-21-25-41(26-22-35)56(37-13-5-1-6-14-37)38-15-7-2-8-16-38)49-44(30-32-46(50(45)49)52(58)59)36-23-27-42(28-24-36)57(39-17-9-3-10-18-39)40-19-11-4-12-20-40/h1-32H. The van der Waals surface area contributed by atoms with Gasteiger partial charge in [0.05, 0.1) is 0 Å². The van der Waals surface area contributed by atoms with Gasteiger partial charge in [-0.1, -0.05) is 109 Å². The minimum Gasteiger partial charge on any atom is -0.311 e. The van der Waals surface area contributed by atoms with Crippen LogP contribution in [0, 0.1) is 22.7 Å². The van der Waals surface area contributed by atoms with Crippen LogP contribution in [0.5, 0.6) is 0 Å². The van der Waals surface area contributed by atoms with Crippen LogP contribution in [0.2, 0.25) is 0 Å². The molecule has 10 rings (SSSR count). The van der Waals surface area contributed by atoms with Gasteiger partial charge >= 0.3 is 0 Å². The lowest BCUT2D eigenvalue weighted by Crippen LogP contribution is -2.15. The van der Waals surface area contributed by atoms with E-state index in [-0.39, 0.29) is 22.6 Å². The number of anilines is 6. The summed E-state index contributed by atoms with van der Waals surface area (Å²) in [4.78, 5) is 23.3. The maximum absolute atomic E-state index is 14.3. The molecule has 0 aliphatic carbocycles. The highest BCUT2D eigenvalue weighted by molar-refractivity contribution is 6.23. The molecule has 0 aliphatic heterocycles. The van der Waals surface area contributed by atoms with E-state index in [4.69, 9.17) is 0 Å². The Balaban J connectivity index is 1.18. The molecule has 8 aromatic carbocycles. The molecule has 0 unspecified atom stereocenters. The number of hydrogen-bond acceptors (Lipinski definition) is 6. The van der Waals surface area contributed by atoms with Gasteiger partial charge in [0, 0.05) is 50.3 Å². The molecule has 10 aromatic rings. The number of para-hydroxylation sites is 4. The Labute approximate surface area is 340 Å². The minimum atomic E-state index is -0.389. The van der Waals surface area contributed by atoms with Gasteiger partial charge in [-0.05, 0) is 113 Å². The molecule has 0 saturated heterocycles. The molecule has 0 spiro atoms. The van der Waals surface area contributed by atoms with Crippen molar-refractivity contribution in [2.45, 2.75) is 0 Å². The van der Waals surface area contributed by atoms with E-state index in [1.807, 2.05) is 103 Å². The molecule has 0 aliphatic rings. The van der Waals surface area contributed by atoms with Crippen LogP contribution >= 0.6 is 0 Å². The molecule has 0 N–H and O–H groups in total. The van der Waals surface area contributed by atoms with Gasteiger partial charge in [0.2, 0.25) is 0 Å². The molecule has 2 aromatic heterocycles. The maximum atomic E-state index is 14.3. The van der Waals surface area contributed by atoms with Crippen molar-refractivity contribution in [2.75, 3.05) is 9.80 Å². The number of rotatable bonds is 8. The molecule has 0 saturated carbocycles. The van der Waals surface area contributed by atoms with Crippen molar-refractivity contribution in [3.8, 4) is 34.4 Å². The van der Waals surface area contributed by atoms with Gasteiger partial charge in [-0.3, -0.25) is 4.79 Å². The first-order chi connectivity index (χ1) is 29.1. The summed E-state index contributed by atoms with van der Waals surface area (Å²) in [5, 5.41) is 22.7. The smallest absolute Gasteiger partial charge is 0.265 e. The maximum Gasteiger partial charge on any atom is 0.265 e. The van der Waals surface area contributed by atoms with Gasteiger partial charge in [0.25, 0.3) is 5.56 Å². The van der Waals surface area contributed by atoms with E-state index in [1.165, 1.54) is 4.40 Å². The fourth-order valence-electron chi connectivity index (χ4n) is 8.22. The van der Waals surface area contributed by atoms with Crippen LogP contribution in [0.15, 0.2) is 199 Å².